The molecule has 0 radical (unpaired) electrons. The summed E-state index contributed by atoms with van der Waals surface area (Å²) in [6, 6.07) is 7.26. The van der Waals surface area contributed by atoms with Crippen LogP contribution in [0.5, 0.6) is 0 Å². The van der Waals surface area contributed by atoms with E-state index in [4.69, 9.17) is 21.8 Å². The number of benzene rings is 1. The van der Waals surface area contributed by atoms with Gasteiger partial charge in [-0.25, -0.2) is 9.67 Å². The summed E-state index contributed by atoms with van der Waals surface area (Å²) in [5.74, 6) is -0.703. The second kappa shape index (κ2) is 7.15. The van der Waals surface area contributed by atoms with E-state index in [0.29, 0.717) is 9.82 Å². The standard InChI is InChI=1S/C13H16ClN3O3S/c1-17-13(15-11(20)9(6-18)7-19)21-12(16-17)8-2-4-10(14)5-3-8/h2-5,9,11,18-20H,6-7H2,1H3/b15-13-. The van der Waals surface area contributed by atoms with Crippen molar-refractivity contribution in [1.29, 1.82) is 0 Å². The molecule has 21 heavy (non-hydrogen) atoms. The lowest BCUT2D eigenvalue weighted by Crippen LogP contribution is -2.28. The molecule has 3 N–H and O–H groups in total. The first-order valence-corrected chi connectivity index (χ1v) is 7.48. The van der Waals surface area contributed by atoms with Crippen LogP contribution in [-0.2, 0) is 7.05 Å². The van der Waals surface area contributed by atoms with Crippen molar-refractivity contribution in [2.45, 2.75) is 6.23 Å². The summed E-state index contributed by atoms with van der Waals surface area (Å²) in [5, 5.41) is 33.7. The summed E-state index contributed by atoms with van der Waals surface area (Å²) >= 11 is 7.15. The van der Waals surface area contributed by atoms with Gasteiger partial charge in [-0.3, -0.25) is 0 Å². The molecule has 0 saturated heterocycles. The van der Waals surface area contributed by atoms with Crippen LogP contribution in [0.4, 0.5) is 0 Å². The van der Waals surface area contributed by atoms with Crippen molar-refractivity contribution in [3.05, 3.63) is 34.1 Å². The van der Waals surface area contributed by atoms with Crippen LogP contribution in [0, 0.1) is 5.92 Å². The van der Waals surface area contributed by atoms with Gasteiger partial charge in [0.05, 0.1) is 19.1 Å². The average Bonchev–Trinajstić information content (AvgIpc) is 2.82. The quantitative estimate of drug-likeness (QED) is 0.750. The molecule has 8 heteroatoms. The minimum Gasteiger partial charge on any atom is -0.396 e. The van der Waals surface area contributed by atoms with E-state index in [9.17, 15) is 5.11 Å². The van der Waals surface area contributed by atoms with Crippen LogP contribution < -0.4 is 4.80 Å². The molecule has 0 amide bonds. The largest absolute Gasteiger partial charge is 0.396 e. The molecular weight excluding hydrogens is 314 g/mol. The summed E-state index contributed by atoms with van der Waals surface area (Å²) in [6.45, 7) is -0.679. The Morgan fingerprint density at radius 1 is 1.29 bits per heavy atom. The Hall–Kier alpha value is -1.25. The highest BCUT2D eigenvalue weighted by Crippen LogP contribution is 2.21. The monoisotopic (exact) mass is 329 g/mol. The number of hydrogen-bond donors (Lipinski definition) is 3. The van der Waals surface area contributed by atoms with Gasteiger partial charge in [0.1, 0.15) is 5.01 Å². The van der Waals surface area contributed by atoms with E-state index in [1.165, 1.54) is 11.3 Å². The van der Waals surface area contributed by atoms with E-state index >= 15 is 0 Å². The van der Waals surface area contributed by atoms with E-state index in [-0.39, 0.29) is 13.2 Å². The van der Waals surface area contributed by atoms with Crippen LogP contribution in [0.25, 0.3) is 10.6 Å². The Balaban J connectivity index is 2.32. The van der Waals surface area contributed by atoms with Crippen LogP contribution in [0.3, 0.4) is 0 Å². The molecule has 0 aliphatic carbocycles. The van der Waals surface area contributed by atoms with Crippen molar-refractivity contribution in [2.24, 2.45) is 18.0 Å². The van der Waals surface area contributed by atoms with Gasteiger partial charge in [0.2, 0.25) is 4.80 Å². The predicted molar refractivity (Wildman–Crippen MR) is 80.8 cm³/mol. The molecule has 0 spiro atoms. The van der Waals surface area contributed by atoms with E-state index in [1.807, 2.05) is 12.1 Å². The lowest BCUT2D eigenvalue weighted by atomic mass is 10.1. The number of nitrogens with zero attached hydrogens (tertiary/aromatic N) is 3. The first kappa shape index (κ1) is 16.1. The highest BCUT2D eigenvalue weighted by molar-refractivity contribution is 7.12. The lowest BCUT2D eigenvalue weighted by Gasteiger charge is -2.13. The first-order valence-electron chi connectivity index (χ1n) is 6.29. The minimum atomic E-state index is -1.18. The average molecular weight is 330 g/mol. The van der Waals surface area contributed by atoms with Crippen LogP contribution >= 0.6 is 22.9 Å². The number of aromatic nitrogens is 2. The Kier molecular flexibility index (Phi) is 5.49. The fourth-order valence-electron chi connectivity index (χ4n) is 1.64. The van der Waals surface area contributed by atoms with Gasteiger partial charge in [-0.15, -0.1) is 0 Å². The summed E-state index contributed by atoms with van der Waals surface area (Å²) in [4.78, 5) is 4.59. The van der Waals surface area contributed by atoms with Gasteiger partial charge in [-0.05, 0) is 12.1 Å². The fourth-order valence-corrected chi connectivity index (χ4v) is 2.69. The lowest BCUT2D eigenvalue weighted by molar-refractivity contribution is 0.0349. The smallest absolute Gasteiger partial charge is 0.205 e. The zero-order valence-electron chi connectivity index (χ0n) is 11.3. The molecule has 2 rings (SSSR count). The number of halogens is 1. The molecule has 1 heterocycles. The number of rotatable bonds is 5. The van der Waals surface area contributed by atoms with Gasteiger partial charge in [0.15, 0.2) is 6.23 Å². The van der Waals surface area contributed by atoms with Crippen LogP contribution in [-0.4, -0.2) is 44.5 Å². The third-order valence-electron chi connectivity index (χ3n) is 2.93. The zero-order valence-corrected chi connectivity index (χ0v) is 12.9. The zero-order chi connectivity index (χ0) is 15.4. The number of aryl methyl sites for hydroxylation is 1. The maximum absolute atomic E-state index is 9.86. The fraction of sp³-hybridized carbons (Fsp3) is 0.385. The Bertz CT molecular complexity index is 649. The van der Waals surface area contributed by atoms with Crippen molar-refractivity contribution in [2.75, 3.05) is 13.2 Å². The molecule has 1 aromatic heterocycles. The molecule has 1 aromatic carbocycles. The molecule has 0 aliphatic heterocycles. The maximum atomic E-state index is 9.86. The van der Waals surface area contributed by atoms with Crippen LogP contribution in [0.2, 0.25) is 5.02 Å². The van der Waals surface area contributed by atoms with Gasteiger partial charge < -0.3 is 15.3 Å². The molecule has 0 bridgehead atoms. The van der Waals surface area contributed by atoms with E-state index in [1.54, 1.807) is 23.9 Å². The summed E-state index contributed by atoms with van der Waals surface area (Å²) in [6.07, 6.45) is -1.18. The third kappa shape index (κ3) is 3.90. The number of hydrogen-bond acceptors (Lipinski definition) is 6. The van der Waals surface area contributed by atoms with E-state index in [0.717, 1.165) is 10.6 Å². The Morgan fingerprint density at radius 2 is 1.90 bits per heavy atom. The maximum Gasteiger partial charge on any atom is 0.205 e. The number of aliphatic hydroxyl groups is 3. The third-order valence-corrected chi connectivity index (χ3v) is 4.25. The van der Waals surface area contributed by atoms with Gasteiger partial charge in [0, 0.05) is 17.6 Å². The van der Waals surface area contributed by atoms with E-state index < -0.39 is 12.1 Å². The molecule has 6 nitrogen and oxygen atoms in total. The first-order chi connectivity index (χ1) is 10.0. The summed E-state index contributed by atoms with van der Waals surface area (Å²) in [7, 11) is 1.72. The molecule has 0 aliphatic rings. The van der Waals surface area contributed by atoms with E-state index in [2.05, 4.69) is 10.1 Å². The molecular formula is C13H16ClN3O3S. The van der Waals surface area contributed by atoms with Crippen LogP contribution in [0.1, 0.15) is 0 Å². The highest BCUT2D eigenvalue weighted by atomic mass is 35.5. The molecule has 1 atom stereocenters. The summed E-state index contributed by atoms with van der Waals surface area (Å²) < 4.78 is 1.55. The minimum absolute atomic E-state index is 0.340. The highest BCUT2D eigenvalue weighted by Gasteiger charge is 2.17. The Labute approximate surface area is 130 Å². The summed E-state index contributed by atoms with van der Waals surface area (Å²) in [5.41, 5.74) is 0.900. The topological polar surface area (TPSA) is 90.9 Å². The van der Waals surface area contributed by atoms with Crippen molar-refractivity contribution < 1.29 is 15.3 Å². The van der Waals surface area contributed by atoms with Gasteiger partial charge >= 0.3 is 0 Å². The predicted octanol–water partition coefficient (Wildman–Crippen LogP) is 0.622. The van der Waals surface area contributed by atoms with Crippen LogP contribution in [0.15, 0.2) is 29.3 Å². The molecule has 0 saturated carbocycles. The van der Waals surface area contributed by atoms with Crippen molar-refractivity contribution in [3.63, 3.8) is 0 Å². The number of aliphatic hydroxyl groups excluding tert-OH is 3. The Morgan fingerprint density at radius 3 is 2.48 bits per heavy atom. The molecule has 114 valence electrons. The molecule has 1 unspecified atom stereocenters. The second-order valence-corrected chi connectivity index (χ2v) is 5.88. The van der Waals surface area contributed by atoms with Gasteiger partial charge in [-0.1, -0.05) is 35.1 Å². The van der Waals surface area contributed by atoms with Gasteiger partial charge in [0.25, 0.3) is 0 Å². The van der Waals surface area contributed by atoms with Crippen molar-refractivity contribution in [1.82, 2.24) is 9.78 Å². The SMILES string of the molecule is Cn1nc(-c2ccc(Cl)cc2)s/c1=N\C(O)C(CO)CO. The van der Waals surface area contributed by atoms with Crippen molar-refractivity contribution >= 4 is 22.9 Å². The molecule has 2 aromatic rings. The molecule has 0 fully saturated rings. The van der Waals surface area contributed by atoms with Crippen molar-refractivity contribution in [3.8, 4) is 10.6 Å². The second-order valence-electron chi connectivity index (χ2n) is 4.49. The normalized spacial score (nSPS) is 13.9. The van der Waals surface area contributed by atoms with Gasteiger partial charge in [-0.2, -0.15) is 5.10 Å².